The van der Waals surface area contributed by atoms with Crippen molar-refractivity contribution in [3.63, 3.8) is 0 Å². The summed E-state index contributed by atoms with van der Waals surface area (Å²) < 4.78 is 23.5. The molecule has 11 nitrogen and oxygen atoms in total. The zero-order valence-electron chi connectivity index (χ0n) is 21.9. The fraction of sp³-hybridized carbons (Fsp3) is 0.429. The first kappa shape index (κ1) is 26.3. The fourth-order valence-corrected chi connectivity index (χ4v) is 4.81. The molecule has 4 heterocycles. The summed E-state index contributed by atoms with van der Waals surface area (Å²) in [6.07, 6.45) is 2.94. The van der Waals surface area contributed by atoms with Gasteiger partial charge in [-0.05, 0) is 55.5 Å². The van der Waals surface area contributed by atoms with Gasteiger partial charge in [0.2, 0.25) is 12.7 Å². The number of anilines is 1. The molecule has 0 bridgehead atoms. The highest BCUT2D eigenvalue weighted by molar-refractivity contribution is 5.69. The molecule has 0 saturated heterocycles. The molecule has 0 radical (unpaired) electrons. The lowest BCUT2D eigenvalue weighted by atomic mass is 9.91. The minimum absolute atomic E-state index is 0.0986. The summed E-state index contributed by atoms with van der Waals surface area (Å²) in [5, 5.41) is 17.5. The number of hydrogen-bond acceptors (Lipinski definition) is 9. The average molecular weight is 537 g/mol. The van der Waals surface area contributed by atoms with Gasteiger partial charge in [-0.15, -0.1) is 0 Å². The second-order valence-corrected chi connectivity index (χ2v) is 9.49. The third-order valence-corrected chi connectivity index (χ3v) is 6.68. The largest absolute Gasteiger partial charge is 0.481 e. The Labute approximate surface area is 226 Å². The minimum Gasteiger partial charge on any atom is -0.481 e. The molecule has 5 rings (SSSR count). The van der Waals surface area contributed by atoms with Crippen molar-refractivity contribution in [1.29, 1.82) is 0 Å². The van der Waals surface area contributed by atoms with Crippen molar-refractivity contribution in [2.45, 2.75) is 51.5 Å². The minimum atomic E-state index is -0.924. The highest BCUT2D eigenvalue weighted by Gasteiger charge is 2.23. The van der Waals surface area contributed by atoms with Gasteiger partial charge in [-0.1, -0.05) is 12.1 Å². The standard InChI is InChI=1S/C28H32N4O7/c1-2-36-27(35)16-32-25(37-11-9-21-7-5-18-4-3-10-29-28(18)30-21)15-22(31-32)12-20(14-26(33)34)19-6-8-23-24(13-19)39-17-38-23/h5-8,13,15,20H,2-4,9-12,14,16-17H2,1H3,(H,29,30)(H,33,34)/t20-/m0/s1. The lowest BCUT2D eigenvalue weighted by molar-refractivity contribution is -0.144. The summed E-state index contributed by atoms with van der Waals surface area (Å²) in [5.74, 6) is 0.833. The van der Waals surface area contributed by atoms with Crippen LogP contribution in [0, 0.1) is 0 Å². The summed E-state index contributed by atoms with van der Waals surface area (Å²) in [6, 6.07) is 11.3. The van der Waals surface area contributed by atoms with E-state index < -0.39 is 11.9 Å². The highest BCUT2D eigenvalue weighted by atomic mass is 16.7. The van der Waals surface area contributed by atoms with Crippen LogP contribution in [0.4, 0.5) is 5.82 Å². The quantitative estimate of drug-likeness (QED) is 0.332. The monoisotopic (exact) mass is 536 g/mol. The van der Waals surface area contributed by atoms with E-state index in [-0.39, 0.29) is 32.3 Å². The first-order chi connectivity index (χ1) is 19.0. The summed E-state index contributed by atoms with van der Waals surface area (Å²) >= 11 is 0. The number of carboxylic acids is 1. The van der Waals surface area contributed by atoms with E-state index in [9.17, 15) is 14.7 Å². The first-order valence-electron chi connectivity index (χ1n) is 13.2. The number of aryl methyl sites for hydroxylation is 1. The number of carbonyl (C=O) groups excluding carboxylic acids is 1. The molecular formula is C28H32N4O7. The normalized spacial score (nSPS) is 14.3. The third kappa shape index (κ3) is 6.60. The van der Waals surface area contributed by atoms with E-state index in [0.717, 1.165) is 36.5 Å². The molecule has 0 fully saturated rings. The van der Waals surface area contributed by atoms with Gasteiger partial charge in [0.25, 0.3) is 0 Å². The number of aromatic nitrogens is 3. The summed E-state index contributed by atoms with van der Waals surface area (Å²) in [6.45, 7) is 3.28. The Morgan fingerprint density at radius 3 is 2.87 bits per heavy atom. The van der Waals surface area contributed by atoms with E-state index in [4.69, 9.17) is 23.9 Å². The molecule has 0 aliphatic carbocycles. The lowest BCUT2D eigenvalue weighted by Gasteiger charge is -2.17. The molecule has 0 amide bonds. The Hall–Kier alpha value is -4.28. The number of aliphatic carboxylic acids is 1. The van der Waals surface area contributed by atoms with Crippen LogP contribution >= 0.6 is 0 Å². The van der Waals surface area contributed by atoms with Crippen molar-refractivity contribution >= 4 is 17.8 Å². The predicted molar refractivity (Wildman–Crippen MR) is 140 cm³/mol. The van der Waals surface area contributed by atoms with E-state index in [0.29, 0.717) is 42.5 Å². The van der Waals surface area contributed by atoms with Crippen molar-refractivity contribution in [3.8, 4) is 17.4 Å². The molecule has 0 saturated carbocycles. The van der Waals surface area contributed by atoms with Gasteiger partial charge in [-0.3, -0.25) is 9.59 Å². The van der Waals surface area contributed by atoms with Crippen LogP contribution < -0.4 is 19.5 Å². The molecule has 2 aliphatic rings. The van der Waals surface area contributed by atoms with E-state index in [1.807, 2.05) is 18.2 Å². The molecule has 0 unspecified atom stereocenters. The van der Waals surface area contributed by atoms with Crippen molar-refractivity contribution in [3.05, 3.63) is 58.9 Å². The second kappa shape index (κ2) is 12.1. The Bertz CT molecular complexity index is 1340. The van der Waals surface area contributed by atoms with Gasteiger partial charge in [-0.2, -0.15) is 5.10 Å². The summed E-state index contributed by atoms with van der Waals surface area (Å²) in [4.78, 5) is 28.6. The maximum absolute atomic E-state index is 12.2. The molecule has 3 aromatic rings. The molecule has 2 aromatic heterocycles. The van der Waals surface area contributed by atoms with Crippen LogP contribution in [0.2, 0.25) is 0 Å². The molecule has 0 spiro atoms. The van der Waals surface area contributed by atoms with Crippen LogP contribution in [-0.2, 0) is 40.1 Å². The van der Waals surface area contributed by atoms with E-state index in [1.165, 1.54) is 10.2 Å². The predicted octanol–water partition coefficient (Wildman–Crippen LogP) is 3.35. The van der Waals surface area contributed by atoms with Crippen molar-refractivity contribution in [2.24, 2.45) is 0 Å². The van der Waals surface area contributed by atoms with Crippen molar-refractivity contribution < 1.29 is 33.6 Å². The van der Waals surface area contributed by atoms with Crippen LogP contribution in [0.3, 0.4) is 0 Å². The van der Waals surface area contributed by atoms with Gasteiger partial charge >= 0.3 is 11.9 Å². The van der Waals surface area contributed by atoms with Crippen molar-refractivity contribution in [2.75, 3.05) is 31.9 Å². The topological polar surface area (TPSA) is 134 Å². The van der Waals surface area contributed by atoms with Crippen LogP contribution in [0.15, 0.2) is 36.4 Å². The highest BCUT2D eigenvalue weighted by Crippen LogP contribution is 2.36. The molecule has 2 N–H and O–H groups in total. The van der Waals surface area contributed by atoms with Gasteiger partial charge in [0.15, 0.2) is 11.5 Å². The van der Waals surface area contributed by atoms with Gasteiger partial charge < -0.3 is 29.4 Å². The molecule has 39 heavy (non-hydrogen) atoms. The fourth-order valence-electron chi connectivity index (χ4n) is 4.81. The number of rotatable bonds is 12. The van der Waals surface area contributed by atoms with Crippen LogP contribution in [0.25, 0.3) is 0 Å². The lowest BCUT2D eigenvalue weighted by Crippen LogP contribution is -2.17. The second-order valence-electron chi connectivity index (χ2n) is 9.49. The number of pyridine rings is 1. The SMILES string of the molecule is CCOC(=O)Cn1nc(C[C@@H](CC(=O)O)c2ccc3c(c2)OCO3)cc1OCCc1ccc2c(n1)NCCC2. The number of nitrogens with one attached hydrogen (secondary N) is 1. The number of carboxylic acid groups (broad SMARTS) is 1. The van der Waals surface area contributed by atoms with Crippen molar-refractivity contribution in [1.82, 2.24) is 14.8 Å². The van der Waals surface area contributed by atoms with Crippen LogP contribution in [0.1, 0.15) is 48.2 Å². The van der Waals surface area contributed by atoms with Crippen LogP contribution in [-0.4, -0.2) is 58.4 Å². The maximum atomic E-state index is 12.2. The smallest absolute Gasteiger partial charge is 0.327 e. The molecular weight excluding hydrogens is 504 g/mol. The number of fused-ring (bicyclic) bond motifs is 2. The number of hydrogen-bond donors (Lipinski definition) is 2. The van der Waals surface area contributed by atoms with Gasteiger partial charge in [-0.25, -0.2) is 9.67 Å². The molecule has 11 heteroatoms. The zero-order chi connectivity index (χ0) is 27.2. The van der Waals surface area contributed by atoms with Gasteiger partial charge in [0.05, 0.1) is 25.3 Å². The van der Waals surface area contributed by atoms with Crippen LogP contribution in [0.5, 0.6) is 17.4 Å². The van der Waals surface area contributed by atoms with Gasteiger partial charge in [0.1, 0.15) is 12.4 Å². The summed E-state index contributed by atoms with van der Waals surface area (Å²) in [7, 11) is 0. The Morgan fingerprint density at radius 2 is 2.03 bits per heavy atom. The van der Waals surface area contributed by atoms with E-state index >= 15 is 0 Å². The summed E-state index contributed by atoms with van der Waals surface area (Å²) in [5.41, 5.74) is 3.54. The molecule has 2 aliphatic heterocycles. The van der Waals surface area contributed by atoms with E-state index in [1.54, 1.807) is 19.1 Å². The number of esters is 1. The Morgan fingerprint density at radius 1 is 1.15 bits per heavy atom. The number of ether oxygens (including phenoxy) is 4. The molecule has 206 valence electrons. The molecule has 1 atom stereocenters. The molecule has 1 aromatic carbocycles. The Balaban J connectivity index is 1.31. The number of benzene rings is 1. The number of carbonyl (C=O) groups is 2. The first-order valence-corrected chi connectivity index (χ1v) is 13.2. The van der Waals surface area contributed by atoms with Gasteiger partial charge in [0, 0.05) is 30.6 Å². The zero-order valence-corrected chi connectivity index (χ0v) is 21.9. The maximum Gasteiger partial charge on any atom is 0.327 e. The third-order valence-electron chi connectivity index (χ3n) is 6.68. The average Bonchev–Trinajstić information content (AvgIpc) is 3.54. The number of nitrogens with zero attached hydrogens (tertiary/aromatic N) is 3. The van der Waals surface area contributed by atoms with E-state index in [2.05, 4.69) is 16.5 Å². The Kier molecular flexibility index (Phi) is 8.14.